The van der Waals surface area contributed by atoms with Crippen LogP contribution in [0.4, 0.5) is 0 Å². The second-order valence-corrected chi connectivity index (χ2v) is 16.6. The minimum absolute atomic E-state index is 0.210. The van der Waals surface area contributed by atoms with Crippen LogP contribution in [0.5, 0.6) is 17.2 Å². The summed E-state index contributed by atoms with van der Waals surface area (Å²) in [5.74, 6) is 1.26. The van der Waals surface area contributed by atoms with Crippen molar-refractivity contribution < 1.29 is 27.8 Å². The van der Waals surface area contributed by atoms with Gasteiger partial charge in [-0.05, 0) is 53.6 Å². The molecule has 49 heavy (non-hydrogen) atoms. The van der Waals surface area contributed by atoms with E-state index in [9.17, 15) is 9.46 Å². The molecule has 0 bridgehead atoms. The molecule has 0 aliphatic heterocycles. The van der Waals surface area contributed by atoms with Gasteiger partial charge in [0, 0.05) is 34.2 Å². The molecule has 1 unspecified atom stereocenters. The summed E-state index contributed by atoms with van der Waals surface area (Å²) in [6.07, 6.45) is 14.7. The molecule has 0 spiro atoms. The molecule has 0 saturated carbocycles. The van der Waals surface area contributed by atoms with E-state index in [2.05, 4.69) is 50.5 Å². The van der Waals surface area contributed by atoms with Crippen molar-refractivity contribution >= 4 is 18.7 Å². The molecule has 0 aliphatic rings. The zero-order valence-corrected chi connectivity index (χ0v) is 31.8. The number of para-hydroxylation sites is 1. The summed E-state index contributed by atoms with van der Waals surface area (Å²) in [6, 6.07) is 23.2. The standard InChI is InChI=1S/C42H58NO5P/c1-8-9-10-11-12-13-14-15-16-19-28-46-39-30-37(42(5,6)7)40(31-36(39)41(2,3)4)48-49(44,45)47-35-25-20-22-33(29-35)32-43-27-21-24-34-23-17-18-26-38(34)43/h17-18,20-27,29-31H,8-16,19,28,32H2,1-7H3. The molecule has 4 aromatic rings. The van der Waals surface area contributed by atoms with E-state index in [4.69, 9.17) is 13.8 Å². The fourth-order valence-corrected chi connectivity index (χ4v) is 7.02. The third kappa shape index (κ3) is 11.9. The summed E-state index contributed by atoms with van der Waals surface area (Å²) in [5, 5.41) is 1.13. The van der Waals surface area contributed by atoms with Gasteiger partial charge >= 0.3 is 7.82 Å². The number of phosphoric ester groups is 1. The largest absolute Gasteiger partial charge is 0.736 e. The van der Waals surface area contributed by atoms with Crippen LogP contribution in [-0.2, 0) is 21.9 Å². The zero-order chi connectivity index (χ0) is 35.5. The highest BCUT2D eigenvalue weighted by Crippen LogP contribution is 2.47. The summed E-state index contributed by atoms with van der Waals surface area (Å²) >= 11 is 0. The summed E-state index contributed by atoms with van der Waals surface area (Å²) in [4.78, 5) is 13.5. The Labute approximate surface area is 295 Å². The van der Waals surface area contributed by atoms with Crippen LogP contribution >= 0.6 is 7.82 Å². The number of benzene rings is 3. The van der Waals surface area contributed by atoms with Crippen molar-refractivity contribution in [3.63, 3.8) is 0 Å². The molecule has 0 saturated heterocycles. The highest BCUT2D eigenvalue weighted by Gasteiger charge is 2.29. The number of pyridine rings is 1. The molecule has 7 heteroatoms. The van der Waals surface area contributed by atoms with E-state index >= 15 is 0 Å². The lowest BCUT2D eigenvalue weighted by atomic mass is 9.81. The summed E-state index contributed by atoms with van der Waals surface area (Å²) in [6.45, 7) is 15.9. The van der Waals surface area contributed by atoms with Gasteiger partial charge in [0.15, 0.2) is 12.7 Å². The van der Waals surface area contributed by atoms with Gasteiger partial charge in [0.25, 0.3) is 0 Å². The van der Waals surface area contributed by atoms with Gasteiger partial charge in [-0.25, -0.2) is 4.57 Å². The number of ether oxygens (including phenoxy) is 1. The molecule has 0 aliphatic carbocycles. The van der Waals surface area contributed by atoms with Gasteiger partial charge in [0.2, 0.25) is 5.52 Å². The molecule has 0 radical (unpaired) electrons. The fraction of sp³-hybridized carbons (Fsp3) is 0.500. The van der Waals surface area contributed by atoms with E-state index in [0.29, 0.717) is 13.2 Å². The molecule has 1 atom stereocenters. The third-order valence-electron chi connectivity index (χ3n) is 8.92. The van der Waals surface area contributed by atoms with E-state index in [1.807, 2.05) is 63.4 Å². The van der Waals surface area contributed by atoms with E-state index < -0.39 is 13.2 Å². The van der Waals surface area contributed by atoms with Gasteiger partial charge in [-0.1, -0.05) is 131 Å². The second-order valence-electron chi connectivity index (χ2n) is 15.3. The number of unbranched alkanes of at least 4 members (excludes halogenated alkanes) is 9. The van der Waals surface area contributed by atoms with Crippen molar-refractivity contribution in [1.82, 2.24) is 0 Å². The minimum Gasteiger partial charge on any atom is -0.736 e. The van der Waals surface area contributed by atoms with E-state index in [0.717, 1.165) is 46.2 Å². The summed E-state index contributed by atoms with van der Waals surface area (Å²) < 4.78 is 33.4. The Hall–Kier alpha value is -3.34. The van der Waals surface area contributed by atoms with Crippen molar-refractivity contribution in [2.45, 2.75) is 130 Å². The first kappa shape index (κ1) is 38.5. The number of fused-ring (bicyclic) bond motifs is 1. The summed E-state index contributed by atoms with van der Waals surface area (Å²) in [7, 11) is -4.81. The first-order valence-corrected chi connectivity index (χ1v) is 19.7. The first-order valence-electron chi connectivity index (χ1n) is 18.2. The smallest absolute Gasteiger partial charge is 0.372 e. The molecule has 0 N–H and O–H groups in total. The fourth-order valence-electron chi connectivity index (χ4n) is 6.22. The van der Waals surface area contributed by atoms with Crippen LogP contribution in [0.25, 0.3) is 10.9 Å². The summed E-state index contributed by atoms with van der Waals surface area (Å²) in [5.41, 5.74) is 2.94. The van der Waals surface area contributed by atoms with Crippen molar-refractivity contribution in [2.75, 3.05) is 6.61 Å². The Bertz CT molecular complexity index is 1680. The molecule has 0 fully saturated rings. The predicted octanol–water partition coefficient (Wildman–Crippen LogP) is 11.0. The topological polar surface area (TPSA) is 71.7 Å². The van der Waals surface area contributed by atoms with Crippen LogP contribution in [0, 0.1) is 0 Å². The Balaban J connectivity index is 1.45. The SMILES string of the molecule is CCCCCCCCCCCCOc1cc(C(C)(C)C)c(OP(=O)([O-])Oc2cccc(C[n+]3cccc4ccccc43)c2)cc1C(C)(C)C. The Morgan fingerprint density at radius 3 is 1.94 bits per heavy atom. The number of hydrogen-bond donors (Lipinski definition) is 0. The van der Waals surface area contributed by atoms with Crippen molar-refractivity contribution in [3.05, 3.63) is 95.7 Å². The number of rotatable bonds is 18. The first-order chi connectivity index (χ1) is 23.3. The molecular weight excluding hydrogens is 629 g/mol. The monoisotopic (exact) mass is 687 g/mol. The number of aromatic nitrogens is 1. The Kier molecular flexibility index (Phi) is 13.8. The number of nitrogens with zero attached hydrogens (tertiary/aromatic N) is 1. The Morgan fingerprint density at radius 1 is 0.673 bits per heavy atom. The number of hydrogen-bond acceptors (Lipinski definition) is 5. The van der Waals surface area contributed by atoms with Gasteiger partial charge in [-0.2, -0.15) is 4.57 Å². The average Bonchev–Trinajstić information content (AvgIpc) is 3.03. The van der Waals surface area contributed by atoms with Crippen LogP contribution in [0.1, 0.15) is 129 Å². The maximum absolute atomic E-state index is 13.5. The van der Waals surface area contributed by atoms with Crippen molar-refractivity contribution in [1.29, 1.82) is 0 Å². The van der Waals surface area contributed by atoms with Crippen LogP contribution in [0.15, 0.2) is 79.0 Å². The van der Waals surface area contributed by atoms with Crippen LogP contribution in [0.3, 0.4) is 0 Å². The van der Waals surface area contributed by atoms with Crippen molar-refractivity contribution in [2.24, 2.45) is 0 Å². The van der Waals surface area contributed by atoms with Crippen LogP contribution in [-0.4, -0.2) is 6.61 Å². The van der Waals surface area contributed by atoms with Gasteiger partial charge in [0.1, 0.15) is 17.2 Å². The zero-order valence-electron chi connectivity index (χ0n) is 30.9. The molecular formula is C42H58NO5P. The number of phosphoric acid groups is 1. The molecule has 4 rings (SSSR count). The second kappa shape index (κ2) is 17.5. The average molecular weight is 688 g/mol. The van der Waals surface area contributed by atoms with E-state index in [1.54, 1.807) is 18.2 Å². The van der Waals surface area contributed by atoms with Gasteiger partial charge in [-0.15, -0.1) is 0 Å². The molecule has 1 aromatic heterocycles. The lowest BCUT2D eigenvalue weighted by Crippen LogP contribution is -2.34. The highest BCUT2D eigenvalue weighted by atomic mass is 31.2. The van der Waals surface area contributed by atoms with Crippen LogP contribution in [0.2, 0.25) is 0 Å². The lowest BCUT2D eigenvalue weighted by molar-refractivity contribution is -0.662. The van der Waals surface area contributed by atoms with Crippen molar-refractivity contribution in [3.8, 4) is 17.2 Å². The molecule has 266 valence electrons. The lowest BCUT2D eigenvalue weighted by Gasteiger charge is -2.31. The van der Waals surface area contributed by atoms with E-state index in [-0.39, 0.29) is 16.9 Å². The molecule has 0 amide bonds. The minimum atomic E-state index is -4.81. The van der Waals surface area contributed by atoms with Gasteiger partial charge in [-0.3, -0.25) is 0 Å². The Morgan fingerprint density at radius 2 is 1.27 bits per heavy atom. The molecule has 3 aromatic carbocycles. The molecule has 6 nitrogen and oxygen atoms in total. The normalized spacial score (nSPS) is 13.3. The van der Waals surface area contributed by atoms with Gasteiger partial charge < -0.3 is 18.7 Å². The van der Waals surface area contributed by atoms with Gasteiger partial charge in [0.05, 0.1) is 6.61 Å². The maximum Gasteiger partial charge on any atom is 0.372 e. The maximum atomic E-state index is 13.5. The molecule has 1 heterocycles. The van der Waals surface area contributed by atoms with E-state index in [1.165, 1.54) is 51.4 Å². The van der Waals surface area contributed by atoms with Crippen LogP contribution < -0.4 is 23.2 Å². The quantitative estimate of drug-likeness (QED) is 0.0591. The third-order valence-corrected chi connectivity index (χ3v) is 9.77. The predicted molar refractivity (Wildman–Crippen MR) is 200 cm³/mol. The highest BCUT2D eigenvalue weighted by molar-refractivity contribution is 7.46.